The van der Waals surface area contributed by atoms with Crippen molar-refractivity contribution in [3.63, 3.8) is 0 Å². The molecule has 0 spiro atoms. The minimum Gasteiger partial charge on any atom is -0.504 e. The molecule has 3 aromatic rings. The van der Waals surface area contributed by atoms with Crippen molar-refractivity contribution in [2.75, 3.05) is 5.32 Å². The van der Waals surface area contributed by atoms with Gasteiger partial charge in [0.15, 0.2) is 5.75 Å². The Morgan fingerprint density at radius 2 is 1.66 bits per heavy atom. The standard InChI is InChI=1S/C21H18Cl3NO3S/c1-2-16-17(23)11-18(21(26)20(16)24)25-12-13-5-3-4-6-19(13)29(27,28)15-9-7-14(22)8-10-15/h3-11,25-26H,2,12H2,1H3. The van der Waals surface area contributed by atoms with Gasteiger partial charge in [-0.2, -0.15) is 0 Å². The summed E-state index contributed by atoms with van der Waals surface area (Å²) in [6.45, 7) is 2.03. The van der Waals surface area contributed by atoms with Gasteiger partial charge in [0.2, 0.25) is 9.84 Å². The van der Waals surface area contributed by atoms with Crippen molar-refractivity contribution in [2.24, 2.45) is 0 Å². The van der Waals surface area contributed by atoms with Crippen LogP contribution in [-0.2, 0) is 22.8 Å². The van der Waals surface area contributed by atoms with E-state index in [2.05, 4.69) is 5.32 Å². The summed E-state index contributed by atoms with van der Waals surface area (Å²) in [4.78, 5) is 0.312. The van der Waals surface area contributed by atoms with Crippen LogP contribution in [0.2, 0.25) is 15.1 Å². The first-order valence-corrected chi connectivity index (χ1v) is 11.4. The number of phenolic OH excluding ortho intramolecular Hbond substituents is 1. The molecule has 8 heteroatoms. The van der Waals surface area contributed by atoms with Crippen LogP contribution in [0.1, 0.15) is 18.1 Å². The minimum atomic E-state index is -3.74. The summed E-state index contributed by atoms with van der Waals surface area (Å²) in [6.07, 6.45) is 0.577. The number of rotatable bonds is 6. The van der Waals surface area contributed by atoms with E-state index in [1.54, 1.807) is 30.3 Å². The lowest BCUT2D eigenvalue weighted by atomic mass is 10.1. The van der Waals surface area contributed by atoms with Crippen molar-refractivity contribution in [1.29, 1.82) is 0 Å². The molecule has 0 amide bonds. The normalized spacial score (nSPS) is 11.4. The zero-order valence-corrected chi connectivity index (χ0v) is 18.5. The molecule has 0 saturated heterocycles. The summed E-state index contributed by atoms with van der Waals surface area (Å²) in [7, 11) is -3.74. The Morgan fingerprint density at radius 1 is 1.00 bits per heavy atom. The van der Waals surface area contributed by atoms with E-state index in [9.17, 15) is 13.5 Å². The Balaban J connectivity index is 1.94. The molecule has 0 fully saturated rings. The van der Waals surface area contributed by atoms with Gasteiger partial charge in [-0.1, -0.05) is 59.9 Å². The lowest BCUT2D eigenvalue weighted by Crippen LogP contribution is -2.09. The molecule has 0 aliphatic heterocycles. The zero-order valence-electron chi connectivity index (χ0n) is 15.4. The Labute approximate surface area is 185 Å². The lowest BCUT2D eigenvalue weighted by molar-refractivity contribution is 0.476. The molecule has 0 saturated carbocycles. The molecule has 0 atom stereocenters. The highest BCUT2D eigenvalue weighted by Gasteiger charge is 2.21. The molecule has 152 valence electrons. The molecule has 0 unspecified atom stereocenters. The van der Waals surface area contributed by atoms with E-state index in [0.717, 1.165) is 0 Å². The van der Waals surface area contributed by atoms with E-state index in [1.165, 1.54) is 24.3 Å². The second-order valence-corrected chi connectivity index (χ2v) is 9.46. The minimum absolute atomic E-state index is 0.119. The Hall–Kier alpha value is -1.92. The van der Waals surface area contributed by atoms with Crippen molar-refractivity contribution in [1.82, 2.24) is 0 Å². The smallest absolute Gasteiger partial charge is 0.206 e. The molecule has 4 nitrogen and oxygen atoms in total. The van der Waals surface area contributed by atoms with Gasteiger partial charge in [0.1, 0.15) is 0 Å². The first-order valence-electron chi connectivity index (χ1n) is 8.78. The van der Waals surface area contributed by atoms with Gasteiger partial charge in [0, 0.05) is 16.6 Å². The van der Waals surface area contributed by atoms with E-state index >= 15 is 0 Å². The molecule has 0 bridgehead atoms. The summed E-state index contributed by atoms with van der Waals surface area (Å²) in [6, 6.07) is 14.2. The molecular weight excluding hydrogens is 453 g/mol. The summed E-state index contributed by atoms with van der Waals surface area (Å²) >= 11 is 18.3. The monoisotopic (exact) mass is 469 g/mol. The van der Waals surface area contributed by atoms with E-state index in [4.69, 9.17) is 34.8 Å². The maximum atomic E-state index is 13.1. The topological polar surface area (TPSA) is 66.4 Å². The fraction of sp³-hybridized carbons (Fsp3) is 0.143. The maximum absolute atomic E-state index is 13.1. The van der Waals surface area contributed by atoms with Crippen molar-refractivity contribution < 1.29 is 13.5 Å². The van der Waals surface area contributed by atoms with Gasteiger partial charge in [-0.15, -0.1) is 0 Å². The van der Waals surface area contributed by atoms with Crippen molar-refractivity contribution in [3.05, 3.63) is 80.8 Å². The quantitative estimate of drug-likeness (QED) is 0.411. The molecule has 0 aromatic heterocycles. The van der Waals surface area contributed by atoms with Crippen LogP contribution in [0.4, 0.5) is 5.69 Å². The van der Waals surface area contributed by atoms with Gasteiger partial charge in [-0.25, -0.2) is 8.42 Å². The Morgan fingerprint density at radius 3 is 2.31 bits per heavy atom. The number of hydrogen-bond donors (Lipinski definition) is 2. The van der Waals surface area contributed by atoms with Crippen LogP contribution < -0.4 is 5.32 Å². The number of halogens is 3. The Kier molecular flexibility index (Phi) is 6.64. The lowest BCUT2D eigenvalue weighted by Gasteiger charge is -2.15. The highest BCUT2D eigenvalue weighted by Crippen LogP contribution is 2.40. The van der Waals surface area contributed by atoms with Crippen molar-refractivity contribution in [3.8, 4) is 5.75 Å². The van der Waals surface area contributed by atoms with E-state index < -0.39 is 9.84 Å². The van der Waals surface area contributed by atoms with Crippen LogP contribution in [0.25, 0.3) is 0 Å². The molecule has 0 aliphatic carbocycles. The molecule has 29 heavy (non-hydrogen) atoms. The van der Waals surface area contributed by atoms with Gasteiger partial charge in [-0.3, -0.25) is 0 Å². The average Bonchev–Trinajstić information content (AvgIpc) is 2.70. The predicted octanol–water partition coefficient (Wildman–Crippen LogP) is 6.36. The van der Waals surface area contributed by atoms with Crippen LogP contribution in [0.3, 0.4) is 0 Å². The molecule has 3 rings (SSSR count). The van der Waals surface area contributed by atoms with Crippen LogP contribution in [-0.4, -0.2) is 13.5 Å². The fourth-order valence-electron chi connectivity index (χ4n) is 2.95. The van der Waals surface area contributed by atoms with E-state index in [0.29, 0.717) is 33.3 Å². The molecule has 3 aromatic carbocycles. The van der Waals surface area contributed by atoms with Gasteiger partial charge >= 0.3 is 0 Å². The molecular formula is C21H18Cl3NO3S. The number of nitrogens with one attached hydrogen (secondary N) is 1. The first kappa shape index (κ1) is 21.8. The number of benzene rings is 3. The second-order valence-electron chi connectivity index (χ2n) is 6.32. The summed E-state index contributed by atoms with van der Waals surface area (Å²) in [5.74, 6) is -0.119. The maximum Gasteiger partial charge on any atom is 0.206 e. The number of anilines is 1. The third-order valence-corrected chi connectivity index (χ3v) is 7.36. The van der Waals surface area contributed by atoms with Gasteiger partial charge in [-0.05, 0) is 53.9 Å². The first-order chi connectivity index (χ1) is 13.8. The second kappa shape index (κ2) is 8.84. The van der Waals surface area contributed by atoms with Crippen molar-refractivity contribution >= 4 is 50.3 Å². The fourth-order valence-corrected chi connectivity index (χ4v) is 5.29. The third kappa shape index (κ3) is 4.48. The van der Waals surface area contributed by atoms with Gasteiger partial charge < -0.3 is 10.4 Å². The van der Waals surface area contributed by atoms with Crippen LogP contribution >= 0.6 is 34.8 Å². The zero-order chi connectivity index (χ0) is 21.2. The highest BCUT2D eigenvalue weighted by molar-refractivity contribution is 7.91. The van der Waals surface area contributed by atoms with Crippen LogP contribution in [0.5, 0.6) is 5.75 Å². The summed E-state index contributed by atoms with van der Waals surface area (Å²) in [5.41, 5.74) is 1.52. The number of phenols is 1. The highest BCUT2D eigenvalue weighted by atomic mass is 35.5. The molecule has 2 N–H and O–H groups in total. The predicted molar refractivity (Wildman–Crippen MR) is 118 cm³/mol. The third-order valence-electron chi connectivity index (χ3n) is 4.50. The van der Waals surface area contributed by atoms with Crippen LogP contribution in [0.15, 0.2) is 64.4 Å². The number of sulfone groups is 1. The number of aromatic hydroxyl groups is 1. The van der Waals surface area contributed by atoms with Crippen LogP contribution in [0, 0.1) is 0 Å². The summed E-state index contributed by atoms with van der Waals surface area (Å²) < 4.78 is 26.1. The number of hydrogen-bond acceptors (Lipinski definition) is 4. The van der Waals surface area contributed by atoms with Gasteiger partial charge in [0.25, 0.3) is 0 Å². The molecule has 0 aliphatic rings. The van der Waals surface area contributed by atoms with Gasteiger partial charge in [0.05, 0.1) is 20.5 Å². The molecule has 0 heterocycles. The van der Waals surface area contributed by atoms with E-state index in [1.807, 2.05) is 6.92 Å². The summed E-state index contributed by atoms with van der Waals surface area (Å²) in [5, 5.41) is 14.5. The Bertz CT molecular complexity index is 1150. The molecule has 0 radical (unpaired) electrons. The average molecular weight is 471 g/mol. The van der Waals surface area contributed by atoms with Crippen molar-refractivity contribution in [2.45, 2.75) is 29.7 Å². The largest absolute Gasteiger partial charge is 0.504 e. The SMILES string of the molecule is CCc1c(Cl)cc(NCc2ccccc2S(=O)(=O)c2ccc(Cl)cc2)c(O)c1Cl. The van der Waals surface area contributed by atoms with E-state index in [-0.39, 0.29) is 27.1 Å².